The van der Waals surface area contributed by atoms with Crippen LogP contribution in [0.25, 0.3) is 22.6 Å². The van der Waals surface area contributed by atoms with E-state index in [0.29, 0.717) is 11.1 Å². The van der Waals surface area contributed by atoms with Crippen LogP contribution >= 0.6 is 0 Å². The number of likely N-dealkylation sites (N-methyl/N-ethyl adjacent to an activating group) is 1. The fraction of sp³-hybridized carbons (Fsp3) is 0.235. The van der Waals surface area contributed by atoms with E-state index in [9.17, 15) is 8.78 Å². The number of benzene rings is 2. The van der Waals surface area contributed by atoms with Gasteiger partial charge in [0.2, 0.25) is 5.89 Å². The second kappa shape index (κ2) is 6.34. The van der Waals surface area contributed by atoms with Gasteiger partial charge in [0.1, 0.15) is 17.2 Å². The summed E-state index contributed by atoms with van der Waals surface area (Å²) >= 11 is 0. The van der Waals surface area contributed by atoms with E-state index in [4.69, 9.17) is 4.42 Å². The SMILES string of the molecule is CN(C)CCNc1ccc2oc(-c3ccc(F)cc3F)nc2c1. The highest BCUT2D eigenvalue weighted by molar-refractivity contribution is 5.80. The van der Waals surface area contributed by atoms with E-state index in [1.807, 2.05) is 26.2 Å². The van der Waals surface area contributed by atoms with Crippen molar-refractivity contribution in [3.05, 3.63) is 48.0 Å². The summed E-state index contributed by atoms with van der Waals surface area (Å²) in [6.45, 7) is 1.71. The molecule has 6 heteroatoms. The first-order chi connectivity index (χ1) is 11.0. The van der Waals surface area contributed by atoms with Gasteiger partial charge in [0.05, 0.1) is 5.56 Å². The molecule has 1 aromatic heterocycles. The van der Waals surface area contributed by atoms with Crippen molar-refractivity contribution in [2.75, 3.05) is 32.5 Å². The van der Waals surface area contributed by atoms with E-state index in [1.165, 1.54) is 12.1 Å². The number of halogens is 2. The van der Waals surface area contributed by atoms with Gasteiger partial charge in [-0.3, -0.25) is 0 Å². The van der Waals surface area contributed by atoms with Crippen LogP contribution in [0.2, 0.25) is 0 Å². The number of rotatable bonds is 5. The molecular formula is C17H17F2N3O. The Morgan fingerprint density at radius 3 is 2.70 bits per heavy atom. The Morgan fingerprint density at radius 1 is 1.13 bits per heavy atom. The van der Waals surface area contributed by atoms with Crippen molar-refractivity contribution in [1.82, 2.24) is 9.88 Å². The largest absolute Gasteiger partial charge is 0.436 e. The van der Waals surface area contributed by atoms with Crippen LogP contribution in [0.4, 0.5) is 14.5 Å². The summed E-state index contributed by atoms with van der Waals surface area (Å²) in [5.74, 6) is -1.18. The Balaban J connectivity index is 1.87. The average molecular weight is 317 g/mol. The fourth-order valence-electron chi connectivity index (χ4n) is 2.24. The van der Waals surface area contributed by atoms with Crippen molar-refractivity contribution in [2.45, 2.75) is 0 Å². The summed E-state index contributed by atoms with van der Waals surface area (Å²) in [7, 11) is 4.01. The number of anilines is 1. The van der Waals surface area contributed by atoms with Crippen LogP contribution < -0.4 is 5.32 Å². The summed E-state index contributed by atoms with van der Waals surface area (Å²) in [5.41, 5.74) is 2.24. The fourth-order valence-corrected chi connectivity index (χ4v) is 2.24. The van der Waals surface area contributed by atoms with E-state index in [-0.39, 0.29) is 11.5 Å². The molecule has 0 bridgehead atoms. The zero-order valence-corrected chi connectivity index (χ0v) is 12.9. The number of nitrogens with zero attached hydrogens (tertiary/aromatic N) is 2. The molecule has 23 heavy (non-hydrogen) atoms. The minimum absolute atomic E-state index is 0.142. The van der Waals surface area contributed by atoms with E-state index < -0.39 is 11.6 Å². The molecule has 0 aliphatic rings. The van der Waals surface area contributed by atoms with E-state index in [1.54, 1.807) is 6.07 Å². The van der Waals surface area contributed by atoms with Crippen molar-refractivity contribution in [1.29, 1.82) is 0 Å². The van der Waals surface area contributed by atoms with Gasteiger partial charge in [-0.25, -0.2) is 13.8 Å². The predicted octanol–water partition coefficient (Wildman–Crippen LogP) is 3.75. The van der Waals surface area contributed by atoms with Crippen LogP contribution in [0, 0.1) is 11.6 Å². The lowest BCUT2D eigenvalue weighted by Gasteiger charge is -2.10. The van der Waals surface area contributed by atoms with Gasteiger partial charge < -0.3 is 14.6 Å². The van der Waals surface area contributed by atoms with Crippen LogP contribution in [0.3, 0.4) is 0 Å². The first-order valence-corrected chi connectivity index (χ1v) is 7.27. The number of nitrogens with one attached hydrogen (secondary N) is 1. The van der Waals surface area contributed by atoms with E-state index in [2.05, 4.69) is 15.2 Å². The molecule has 1 N–H and O–H groups in total. The molecule has 0 aliphatic heterocycles. The number of aromatic nitrogens is 1. The number of fused-ring (bicyclic) bond motifs is 1. The van der Waals surface area contributed by atoms with Gasteiger partial charge in [0, 0.05) is 24.8 Å². The molecule has 1 heterocycles. The normalized spacial score (nSPS) is 11.3. The molecule has 0 unspecified atom stereocenters. The molecule has 0 radical (unpaired) electrons. The minimum Gasteiger partial charge on any atom is -0.436 e. The van der Waals surface area contributed by atoms with E-state index >= 15 is 0 Å². The average Bonchev–Trinajstić information content (AvgIpc) is 2.89. The molecule has 120 valence electrons. The first kappa shape index (κ1) is 15.4. The third-order valence-electron chi connectivity index (χ3n) is 3.44. The van der Waals surface area contributed by atoms with Crippen molar-refractivity contribution in [3.8, 4) is 11.5 Å². The van der Waals surface area contributed by atoms with Gasteiger partial charge >= 0.3 is 0 Å². The van der Waals surface area contributed by atoms with Crippen LogP contribution in [0.15, 0.2) is 40.8 Å². The van der Waals surface area contributed by atoms with Gasteiger partial charge in [0.15, 0.2) is 5.58 Å². The molecule has 0 saturated carbocycles. The first-order valence-electron chi connectivity index (χ1n) is 7.27. The van der Waals surface area contributed by atoms with Crippen molar-refractivity contribution >= 4 is 16.8 Å². The molecule has 0 spiro atoms. The zero-order chi connectivity index (χ0) is 16.4. The van der Waals surface area contributed by atoms with Gasteiger partial charge in [0.25, 0.3) is 0 Å². The number of hydrogen-bond donors (Lipinski definition) is 1. The van der Waals surface area contributed by atoms with Crippen molar-refractivity contribution in [3.63, 3.8) is 0 Å². The van der Waals surface area contributed by atoms with Crippen LogP contribution in [0.5, 0.6) is 0 Å². The molecule has 0 aliphatic carbocycles. The Hall–Kier alpha value is -2.47. The second-order valence-electron chi connectivity index (χ2n) is 5.56. The topological polar surface area (TPSA) is 41.3 Å². The lowest BCUT2D eigenvalue weighted by Crippen LogP contribution is -2.20. The summed E-state index contributed by atoms with van der Waals surface area (Å²) in [6.07, 6.45) is 0. The summed E-state index contributed by atoms with van der Waals surface area (Å²) in [5, 5.41) is 3.29. The highest BCUT2D eigenvalue weighted by Gasteiger charge is 2.13. The molecule has 0 amide bonds. The molecule has 4 nitrogen and oxygen atoms in total. The highest BCUT2D eigenvalue weighted by atomic mass is 19.1. The molecular weight excluding hydrogens is 300 g/mol. The minimum atomic E-state index is -0.694. The van der Waals surface area contributed by atoms with Gasteiger partial charge in [-0.05, 0) is 44.4 Å². The van der Waals surface area contributed by atoms with Gasteiger partial charge in [-0.1, -0.05) is 0 Å². The third-order valence-corrected chi connectivity index (χ3v) is 3.44. The summed E-state index contributed by atoms with van der Waals surface area (Å²) in [6, 6.07) is 8.84. The molecule has 3 aromatic rings. The molecule has 2 aromatic carbocycles. The Bertz CT molecular complexity index is 830. The maximum Gasteiger partial charge on any atom is 0.230 e. The predicted molar refractivity (Wildman–Crippen MR) is 86.4 cm³/mol. The lowest BCUT2D eigenvalue weighted by molar-refractivity contribution is 0.425. The Labute approximate surface area is 132 Å². The summed E-state index contributed by atoms with van der Waals surface area (Å²) in [4.78, 5) is 6.38. The standard InChI is InChI=1S/C17H17F2N3O/c1-22(2)8-7-20-12-4-6-16-15(10-12)21-17(23-16)13-5-3-11(18)9-14(13)19/h3-6,9-10,20H,7-8H2,1-2H3. The summed E-state index contributed by atoms with van der Waals surface area (Å²) < 4.78 is 32.4. The van der Waals surface area contributed by atoms with Crippen LogP contribution in [-0.2, 0) is 0 Å². The molecule has 3 rings (SSSR count). The Kier molecular flexibility index (Phi) is 4.25. The van der Waals surface area contributed by atoms with Crippen LogP contribution in [-0.4, -0.2) is 37.1 Å². The molecule has 0 fully saturated rings. The third kappa shape index (κ3) is 3.48. The van der Waals surface area contributed by atoms with Gasteiger partial charge in [-0.15, -0.1) is 0 Å². The quantitative estimate of drug-likeness (QED) is 0.778. The number of hydrogen-bond acceptors (Lipinski definition) is 4. The highest BCUT2D eigenvalue weighted by Crippen LogP contribution is 2.28. The molecule has 0 atom stereocenters. The van der Waals surface area contributed by atoms with Crippen molar-refractivity contribution < 1.29 is 13.2 Å². The van der Waals surface area contributed by atoms with Gasteiger partial charge in [-0.2, -0.15) is 0 Å². The van der Waals surface area contributed by atoms with E-state index in [0.717, 1.165) is 24.8 Å². The zero-order valence-electron chi connectivity index (χ0n) is 12.9. The number of oxazole rings is 1. The maximum absolute atomic E-state index is 13.8. The van der Waals surface area contributed by atoms with Crippen molar-refractivity contribution in [2.24, 2.45) is 0 Å². The maximum atomic E-state index is 13.8. The monoisotopic (exact) mass is 317 g/mol. The second-order valence-corrected chi connectivity index (χ2v) is 5.56. The van der Waals surface area contributed by atoms with Crippen LogP contribution in [0.1, 0.15) is 0 Å². The Morgan fingerprint density at radius 2 is 1.96 bits per heavy atom. The smallest absolute Gasteiger partial charge is 0.230 e. The molecule has 0 saturated heterocycles. The lowest BCUT2D eigenvalue weighted by atomic mass is 10.2.